The van der Waals surface area contributed by atoms with Crippen LogP contribution in [0.1, 0.15) is 59.3 Å². The van der Waals surface area contributed by atoms with Gasteiger partial charge in [0.25, 0.3) is 11.8 Å². The number of pyridine rings is 1. The fraction of sp³-hybridized carbons (Fsp3) is 0.600. The van der Waals surface area contributed by atoms with Crippen LogP contribution in [0.15, 0.2) is 29.7 Å². The zero-order valence-corrected chi connectivity index (χ0v) is 22.2. The molecule has 3 fully saturated rings. The summed E-state index contributed by atoms with van der Waals surface area (Å²) in [6.45, 7) is 5.60. The molecule has 0 spiro atoms. The van der Waals surface area contributed by atoms with Gasteiger partial charge in [-0.1, -0.05) is 0 Å². The summed E-state index contributed by atoms with van der Waals surface area (Å²) in [5.41, 5.74) is -0.546. The van der Waals surface area contributed by atoms with E-state index in [0.717, 1.165) is 12.8 Å². The molecule has 1 amide bonds. The van der Waals surface area contributed by atoms with Crippen molar-refractivity contribution >= 4 is 15.9 Å². The van der Waals surface area contributed by atoms with Gasteiger partial charge in [0.2, 0.25) is 5.75 Å². The van der Waals surface area contributed by atoms with Gasteiger partial charge in [0.15, 0.2) is 14.9 Å². The summed E-state index contributed by atoms with van der Waals surface area (Å²) in [7, 11) is -1.91. The first-order chi connectivity index (χ1) is 17.5. The van der Waals surface area contributed by atoms with Crippen LogP contribution in [0.2, 0.25) is 0 Å². The average molecular weight is 533 g/mol. The number of carbonyl (C=O) groups is 1. The Bertz CT molecular complexity index is 1240. The standard InChI is InChI=1S/C25H32N4O7S/c1-25(2,3)36-24(30)29-15-5-6-16(29)12-18(11-15)35-23-21(33-4)22(27-14-28-23)34-17-7-10-20(26-13-17)37(31,32)19-8-9-19/h7,10,13-16,18-19H,5-6,8-9,11-12H2,1-4H3. The Morgan fingerprint density at radius 1 is 1.00 bits per heavy atom. The van der Waals surface area contributed by atoms with Gasteiger partial charge in [-0.3, -0.25) is 0 Å². The molecule has 200 valence electrons. The number of nitrogens with zero attached hydrogens (tertiary/aromatic N) is 4. The molecule has 3 aliphatic rings. The van der Waals surface area contributed by atoms with E-state index in [2.05, 4.69) is 15.0 Å². The maximum absolute atomic E-state index is 12.7. The predicted octanol–water partition coefficient (Wildman–Crippen LogP) is 3.92. The van der Waals surface area contributed by atoms with E-state index in [-0.39, 0.29) is 52.1 Å². The number of ether oxygens (including phenoxy) is 4. The molecule has 5 rings (SSSR count). The van der Waals surface area contributed by atoms with E-state index in [0.29, 0.717) is 31.4 Å². The van der Waals surface area contributed by atoms with Crippen LogP contribution in [-0.2, 0) is 14.6 Å². The molecule has 0 N–H and O–H groups in total. The molecule has 1 saturated carbocycles. The molecule has 11 nitrogen and oxygen atoms in total. The summed E-state index contributed by atoms with van der Waals surface area (Å²) in [4.78, 5) is 27.1. The van der Waals surface area contributed by atoms with E-state index in [1.807, 2.05) is 25.7 Å². The van der Waals surface area contributed by atoms with Crippen molar-refractivity contribution in [2.24, 2.45) is 0 Å². The summed E-state index contributed by atoms with van der Waals surface area (Å²) in [5, 5.41) is -0.298. The monoisotopic (exact) mass is 532 g/mol. The Kier molecular flexibility index (Phi) is 6.63. The lowest BCUT2D eigenvalue weighted by atomic mass is 10.0. The molecule has 2 aromatic heterocycles. The van der Waals surface area contributed by atoms with Gasteiger partial charge >= 0.3 is 6.09 Å². The maximum atomic E-state index is 12.7. The van der Waals surface area contributed by atoms with Gasteiger partial charge in [0.1, 0.15) is 23.8 Å². The van der Waals surface area contributed by atoms with Crippen molar-refractivity contribution in [2.75, 3.05) is 7.11 Å². The number of methoxy groups -OCH3 is 1. The quantitative estimate of drug-likeness (QED) is 0.517. The Morgan fingerprint density at radius 3 is 2.24 bits per heavy atom. The summed E-state index contributed by atoms with van der Waals surface area (Å²) in [6.07, 6.45) is 6.67. The highest BCUT2D eigenvalue weighted by molar-refractivity contribution is 7.92. The van der Waals surface area contributed by atoms with Crippen LogP contribution in [0.3, 0.4) is 0 Å². The van der Waals surface area contributed by atoms with E-state index in [1.165, 1.54) is 31.8 Å². The Hall–Kier alpha value is -3.15. The molecule has 2 aromatic rings. The number of sulfone groups is 1. The van der Waals surface area contributed by atoms with Gasteiger partial charge in [0.05, 0.1) is 18.6 Å². The number of fused-ring (bicyclic) bond motifs is 2. The minimum absolute atomic E-state index is 0.0355. The van der Waals surface area contributed by atoms with Gasteiger partial charge in [-0.05, 0) is 58.6 Å². The number of hydrogen-bond acceptors (Lipinski definition) is 10. The van der Waals surface area contributed by atoms with E-state index in [4.69, 9.17) is 18.9 Å². The molecular formula is C25H32N4O7S. The van der Waals surface area contributed by atoms with Gasteiger partial charge in [-0.15, -0.1) is 0 Å². The number of aromatic nitrogens is 3. The molecule has 0 radical (unpaired) electrons. The van der Waals surface area contributed by atoms with Crippen molar-refractivity contribution in [3.05, 3.63) is 24.7 Å². The van der Waals surface area contributed by atoms with Crippen molar-refractivity contribution in [3.8, 4) is 23.3 Å². The van der Waals surface area contributed by atoms with E-state index >= 15 is 0 Å². The molecule has 12 heteroatoms. The molecule has 2 unspecified atom stereocenters. The van der Waals surface area contributed by atoms with Gasteiger partial charge in [0, 0.05) is 24.9 Å². The molecule has 2 atom stereocenters. The van der Waals surface area contributed by atoms with Crippen LogP contribution in [0, 0.1) is 0 Å². The Morgan fingerprint density at radius 2 is 1.68 bits per heavy atom. The van der Waals surface area contributed by atoms with Crippen LogP contribution >= 0.6 is 0 Å². The van der Waals surface area contributed by atoms with Gasteiger partial charge in [-0.25, -0.2) is 18.2 Å². The number of piperidine rings is 1. The zero-order chi connectivity index (χ0) is 26.4. The van der Waals surface area contributed by atoms with Gasteiger partial charge < -0.3 is 23.8 Å². The molecule has 2 aliphatic heterocycles. The lowest BCUT2D eigenvalue weighted by molar-refractivity contribution is -0.00797. The smallest absolute Gasteiger partial charge is 0.410 e. The molecule has 2 bridgehead atoms. The molecule has 1 aliphatic carbocycles. The summed E-state index contributed by atoms with van der Waals surface area (Å²) in [6, 6.07) is 3.05. The molecule has 4 heterocycles. The van der Waals surface area contributed by atoms with Crippen molar-refractivity contribution < 1.29 is 32.2 Å². The second-order valence-electron chi connectivity index (χ2n) is 10.7. The molecule has 0 aromatic carbocycles. The minimum Gasteiger partial charge on any atom is -0.487 e. The van der Waals surface area contributed by atoms with Crippen molar-refractivity contribution in [3.63, 3.8) is 0 Å². The van der Waals surface area contributed by atoms with E-state index in [9.17, 15) is 13.2 Å². The molecule has 2 saturated heterocycles. The first-order valence-corrected chi connectivity index (χ1v) is 14.0. The minimum atomic E-state index is -3.38. The largest absolute Gasteiger partial charge is 0.487 e. The summed E-state index contributed by atoms with van der Waals surface area (Å²) >= 11 is 0. The summed E-state index contributed by atoms with van der Waals surface area (Å²) in [5.74, 6) is 0.894. The first-order valence-electron chi connectivity index (χ1n) is 12.5. The van der Waals surface area contributed by atoms with Crippen LogP contribution in [0.5, 0.6) is 23.3 Å². The SMILES string of the molecule is COc1c(Oc2ccc(S(=O)(=O)C3CC3)nc2)ncnc1OC1CC2CCC(C1)N2C(=O)OC(C)(C)C. The topological polar surface area (TPSA) is 130 Å². The van der Waals surface area contributed by atoms with Crippen LogP contribution in [0.25, 0.3) is 0 Å². The van der Waals surface area contributed by atoms with Crippen LogP contribution < -0.4 is 14.2 Å². The fourth-order valence-corrected chi connectivity index (χ4v) is 6.48. The van der Waals surface area contributed by atoms with E-state index in [1.54, 1.807) is 0 Å². The number of amides is 1. The zero-order valence-electron chi connectivity index (χ0n) is 21.4. The van der Waals surface area contributed by atoms with Crippen molar-refractivity contribution in [2.45, 2.75) is 93.4 Å². The second kappa shape index (κ2) is 9.62. The third-order valence-electron chi connectivity index (χ3n) is 6.69. The first kappa shape index (κ1) is 25.5. The maximum Gasteiger partial charge on any atom is 0.410 e. The highest BCUT2D eigenvalue weighted by atomic mass is 32.2. The van der Waals surface area contributed by atoms with E-state index < -0.39 is 15.4 Å². The third-order valence-corrected chi connectivity index (χ3v) is 8.87. The number of rotatable bonds is 7. The summed E-state index contributed by atoms with van der Waals surface area (Å²) < 4.78 is 48.0. The molecular weight excluding hydrogens is 500 g/mol. The normalized spacial score (nSPS) is 23.5. The lowest BCUT2D eigenvalue weighted by Gasteiger charge is -2.39. The Balaban J connectivity index is 1.27. The number of carbonyl (C=O) groups excluding carboxylic acids is 1. The highest BCUT2D eigenvalue weighted by Gasteiger charge is 2.46. The molecule has 37 heavy (non-hydrogen) atoms. The second-order valence-corrected chi connectivity index (χ2v) is 12.9. The van der Waals surface area contributed by atoms with Crippen LogP contribution in [0.4, 0.5) is 4.79 Å². The van der Waals surface area contributed by atoms with Crippen molar-refractivity contribution in [1.82, 2.24) is 19.9 Å². The van der Waals surface area contributed by atoms with Crippen LogP contribution in [-0.4, -0.2) is 70.5 Å². The predicted molar refractivity (Wildman–Crippen MR) is 132 cm³/mol. The average Bonchev–Trinajstić information content (AvgIpc) is 3.65. The number of hydrogen-bond donors (Lipinski definition) is 0. The lowest BCUT2D eigenvalue weighted by Crippen LogP contribution is -2.50. The fourth-order valence-electron chi connectivity index (χ4n) is 4.92. The van der Waals surface area contributed by atoms with Crippen molar-refractivity contribution in [1.29, 1.82) is 0 Å². The Labute approximate surface area is 216 Å². The highest BCUT2D eigenvalue weighted by Crippen LogP contribution is 2.41. The van der Waals surface area contributed by atoms with Gasteiger partial charge in [-0.2, -0.15) is 9.97 Å². The third kappa shape index (κ3) is 5.43.